The lowest BCUT2D eigenvalue weighted by Gasteiger charge is -2.12. The lowest BCUT2D eigenvalue weighted by atomic mass is 10.2. The lowest BCUT2D eigenvalue weighted by molar-refractivity contribution is -0.117. The van der Waals surface area contributed by atoms with Crippen molar-refractivity contribution in [2.45, 2.75) is 6.42 Å². The normalized spacial score (nSPS) is 21.6. The highest BCUT2D eigenvalue weighted by Gasteiger charge is 2.31. The zero-order chi connectivity index (χ0) is 9.97. The summed E-state index contributed by atoms with van der Waals surface area (Å²) in [6.45, 7) is 0.716. The number of hydrogen-bond acceptors (Lipinski definition) is 3. The summed E-state index contributed by atoms with van der Waals surface area (Å²) in [4.78, 5) is 21.3. The van der Waals surface area contributed by atoms with E-state index in [2.05, 4.69) is 25.9 Å². The van der Waals surface area contributed by atoms with Gasteiger partial charge in [0, 0.05) is 30.7 Å². The van der Waals surface area contributed by atoms with Crippen LogP contribution >= 0.6 is 15.9 Å². The molecular weight excluding hydrogens is 246 g/mol. The fourth-order valence-corrected chi connectivity index (χ4v) is 1.94. The molecule has 1 atom stereocenters. The molecule has 1 aliphatic heterocycles. The van der Waals surface area contributed by atoms with Crippen LogP contribution in [0.5, 0.6) is 0 Å². The van der Waals surface area contributed by atoms with E-state index in [-0.39, 0.29) is 5.91 Å². The third-order valence-corrected chi connectivity index (χ3v) is 3.13. The molecular formula is C9H10BrN3O. The molecule has 5 heteroatoms. The molecule has 1 aromatic rings. The second kappa shape index (κ2) is 4.04. The van der Waals surface area contributed by atoms with E-state index in [1.807, 2.05) is 0 Å². The van der Waals surface area contributed by atoms with Gasteiger partial charge in [0.2, 0.25) is 11.9 Å². The first-order valence-corrected chi connectivity index (χ1v) is 5.56. The number of nitrogens with zero attached hydrogens (tertiary/aromatic N) is 3. The van der Waals surface area contributed by atoms with Crippen LogP contribution in [-0.4, -0.2) is 27.7 Å². The summed E-state index contributed by atoms with van der Waals surface area (Å²) in [6.07, 6.45) is 3.89. The summed E-state index contributed by atoms with van der Waals surface area (Å²) < 4.78 is 0. The second-order valence-corrected chi connectivity index (χ2v) is 3.93. The van der Waals surface area contributed by atoms with Crippen molar-refractivity contribution in [2.24, 2.45) is 5.92 Å². The summed E-state index contributed by atoms with van der Waals surface area (Å²) in [7, 11) is 0. The van der Waals surface area contributed by atoms with Gasteiger partial charge in [0.15, 0.2) is 0 Å². The van der Waals surface area contributed by atoms with Crippen LogP contribution in [0.15, 0.2) is 18.5 Å². The highest BCUT2D eigenvalue weighted by atomic mass is 79.9. The predicted molar refractivity (Wildman–Crippen MR) is 56.3 cm³/mol. The van der Waals surface area contributed by atoms with Crippen LogP contribution in [0.25, 0.3) is 0 Å². The third-order valence-electron chi connectivity index (χ3n) is 2.22. The van der Waals surface area contributed by atoms with Gasteiger partial charge in [0.05, 0.1) is 0 Å². The Morgan fingerprint density at radius 3 is 2.79 bits per heavy atom. The van der Waals surface area contributed by atoms with Crippen LogP contribution in [0.2, 0.25) is 0 Å². The molecule has 0 aromatic carbocycles. The Morgan fingerprint density at radius 1 is 1.50 bits per heavy atom. The number of alkyl halides is 1. The number of carbonyl (C=O) groups is 1. The standard InChI is InChI=1S/C9H10BrN3O/c10-5-7-4-8(14)13(6-7)9-11-2-1-3-12-9/h1-3,7H,4-6H2. The van der Waals surface area contributed by atoms with Gasteiger partial charge in [-0.2, -0.15) is 0 Å². The monoisotopic (exact) mass is 255 g/mol. The smallest absolute Gasteiger partial charge is 0.232 e. The molecule has 1 aromatic heterocycles. The van der Waals surface area contributed by atoms with E-state index in [9.17, 15) is 4.79 Å². The topological polar surface area (TPSA) is 46.1 Å². The average Bonchev–Trinajstić information content (AvgIpc) is 2.61. The van der Waals surface area contributed by atoms with E-state index in [0.29, 0.717) is 24.8 Å². The largest absolute Gasteiger partial charge is 0.280 e. The van der Waals surface area contributed by atoms with Crippen LogP contribution in [0.1, 0.15) is 6.42 Å². The van der Waals surface area contributed by atoms with Crippen LogP contribution < -0.4 is 4.90 Å². The molecule has 2 heterocycles. The van der Waals surface area contributed by atoms with Crippen LogP contribution in [-0.2, 0) is 4.79 Å². The molecule has 0 radical (unpaired) electrons. The van der Waals surface area contributed by atoms with Gasteiger partial charge in [-0.3, -0.25) is 9.69 Å². The maximum Gasteiger partial charge on any atom is 0.232 e. The zero-order valence-electron chi connectivity index (χ0n) is 7.56. The highest BCUT2D eigenvalue weighted by Crippen LogP contribution is 2.22. The van der Waals surface area contributed by atoms with E-state index in [4.69, 9.17) is 0 Å². The minimum absolute atomic E-state index is 0.112. The number of rotatable bonds is 2. The number of halogens is 1. The van der Waals surface area contributed by atoms with Crippen molar-refractivity contribution in [3.8, 4) is 0 Å². The minimum Gasteiger partial charge on any atom is -0.280 e. The highest BCUT2D eigenvalue weighted by molar-refractivity contribution is 9.09. The SMILES string of the molecule is O=C1CC(CBr)CN1c1ncccn1. The van der Waals surface area contributed by atoms with Crippen LogP contribution in [0.4, 0.5) is 5.95 Å². The maximum absolute atomic E-state index is 11.6. The van der Waals surface area contributed by atoms with E-state index in [0.717, 1.165) is 5.33 Å². The Balaban J connectivity index is 2.17. The zero-order valence-corrected chi connectivity index (χ0v) is 9.14. The van der Waals surface area contributed by atoms with Gasteiger partial charge in [-0.15, -0.1) is 0 Å². The number of carbonyl (C=O) groups excluding carboxylic acids is 1. The summed E-state index contributed by atoms with van der Waals surface area (Å²) in [5.74, 6) is 1.01. The van der Waals surface area contributed by atoms with E-state index < -0.39 is 0 Å². The molecule has 74 valence electrons. The first-order valence-electron chi connectivity index (χ1n) is 4.44. The summed E-state index contributed by atoms with van der Waals surface area (Å²) in [6, 6.07) is 1.74. The summed E-state index contributed by atoms with van der Waals surface area (Å²) >= 11 is 3.38. The van der Waals surface area contributed by atoms with Crippen molar-refractivity contribution in [3.63, 3.8) is 0 Å². The second-order valence-electron chi connectivity index (χ2n) is 3.28. The number of anilines is 1. The average molecular weight is 256 g/mol. The molecule has 1 unspecified atom stereocenters. The molecule has 0 spiro atoms. The molecule has 1 saturated heterocycles. The lowest BCUT2D eigenvalue weighted by Crippen LogP contribution is -2.26. The van der Waals surface area contributed by atoms with Crippen molar-refractivity contribution in [2.75, 3.05) is 16.8 Å². The van der Waals surface area contributed by atoms with Crippen molar-refractivity contribution in [1.82, 2.24) is 9.97 Å². The van der Waals surface area contributed by atoms with E-state index >= 15 is 0 Å². The first-order chi connectivity index (χ1) is 6.81. The third kappa shape index (κ3) is 1.77. The van der Waals surface area contributed by atoms with Gasteiger partial charge in [-0.05, 0) is 12.0 Å². The van der Waals surface area contributed by atoms with Crippen LogP contribution in [0.3, 0.4) is 0 Å². The van der Waals surface area contributed by atoms with Crippen molar-refractivity contribution >= 4 is 27.8 Å². The summed E-state index contributed by atoms with van der Waals surface area (Å²) in [5, 5.41) is 0.849. The Bertz CT molecular complexity index is 330. The maximum atomic E-state index is 11.6. The molecule has 1 aliphatic rings. The Kier molecular flexibility index (Phi) is 2.77. The fourth-order valence-electron chi connectivity index (χ4n) is 1.51. The van der Waals surface area contributed by atoms with Gasteiger partial charge in [-0.1, -0.05) is 15.9 Å². The molecule has 0 saturated carbocycles. The first kappa shape index (κ1) is 9.58. The van der Waals surface area contributed by atoms with Gasteiger partial charge in [0.25, 0.3) is 0 Å². The van der Waals surface area contributed by atoms with Gasteiger partial charge in [0.1, 0.15) is 0 Å². The summed E-state index contributed by atoms with van der Waals surface area (Å²) in [5.41, 5.74) is 0. The van der Waals surface area contributed by atoms with E-state index in [1.165, 1.54) is 0 Å². The molecule has 0 aliphatic carbocycles. The molecule has 2 rings (SSSR count). The molecule has 1 amide bonds. The van der Waals surface area contributed by atoms with Crippen molar-refractivity contribution < 1.29 is 4.79 Å². The Labute approximate surface area is 90.5 Å². The van der Waals surface area contributed by atoms with Crippen molar-refractivity contribution in [1.29, 1.82) is 0 Å². The van der Waals surface area contributed by atoms with Gasteiger partial charge >= 0.3 is 0 Å². The number of amides is 1. The minimum atomic E-state index is 0.112. The van der Waals surface area contributed by atoms with Crippen LogP contribution in [0, 0.1) is 5.92 Å². The van der Waals surface area contributed by atoms with Gasteiger partial charge < -0.3 is 0 Å². The van der Waals surface area contributed by atoms with Crippen molar-refractivity contribution in [3.05, 3.63) is 18.5 Å². The molecule has 14 heavy (non-hydrogen) atoms. The Morgan fingerprint density at radius 2 is 2.21 bits per heavy atom. The molecule has 4 nitrogen and oxygen atoms in total. The predicted octanol–water partition coefficient (Wildman–Crippen LogP) is 1.22. The quantitative estimate of drug-likeness (QED) is 0.747. The van der Waals surface area contributed by atoms with Gasteiger partial charge in [-0.25, -0.2) is 9.97 Å². The number of aromatic nitrogens is 2. The Hall–Kier alpha value is -0.970. The molecule has 0 bridgehead atoms. The fraction of sp³-hybridized carbons (Fsp3) is 0.444. The number of hydrogen-bond donors (Lipinski definition) is 0. The van der Waals surface area contributed by atoms with E-state index in [1.54, 1.807) is 23.4 Å². The molecule has 0 N–H and O–H groups in total. The molecule has 1 fully saturated rings.